The molecule has 1 aliphatic rings. The summed E-state index contributed by atoms with van der Waals surface area (Å²) >= 11 is 6.95. The Labute approximate surface area is 181 Å². The Morgan fingerprint density at radius 3 is 2.70 bits per heavy atom. The van der Waals surface area contributed by atoms with Crippen LogP contribution in [0.25, 0.3) is 0 Å². The smallest absolute Gasteiger partial charge is 0.426 e. The maximum absolute atomic E-state index is 12.7. The molecule has 0 amide bonds. The lowest BCUT2D eigenvalue weighted by atomic mass is 10.0. The number of ether oxygens (including phenoxy) is 1. The minimum Gasteiger partial charge on any atom is -0.442 e. The number of hydrogen-bond acceptors (Lipinski definition) is 4. The monoisotopic (exact) mass is 453 g/mol. The fourth-order valence-electron chi connectivity index (χ4n) is 3.53. The fourth-order valence-corrected chi connectivity index (χ4v) is 4.40. The van der Waals surface area contributed by atoms with Gasteiger partial charge in [-0.05, 0) is 28.3 Å². The number of thiophene rings is 1. The third kappa shape index (κ3) is 4.88. The van der Waals surface area contributed by atoms with Gasteiger partial charge in [0.1, 0.15) is 11.1 Å². The Hall–Kier alpha value is -2.30. The molecule has 0 bridgehead atoms. The van der Waals surface area contributed by atoms with Gasteiger partial charge in [-0.3, -0.25) is 4.79 Å². The molecule has 2 aromatic rings. The van der Waals surface area contributed by atoms with Crippen LogP contribution in [0.15, 0.2) is 52.9 Å². The van der Waals surface area contributed by atoms with Crippen molar-refractivity contribution in [2.75, 3.05) is 0 Å². The van der Waals surface area contributed by atoms with Gasteiger partial charge >= 0.3 is 12.1 Å². The largest absolute Gasteiger partial charge is 0.442 e. The SMILES string of the molecule is CC1(C)C(C=C(Cl)C(F)(F)F)C1C(=O)OC(C#N)c1cccc(Cc2cccs2)c1. The first-order chi connectivity index (χ1) is 14.0. The number of halogens is 4. The van der Waals surface area contributed by atoms with Gasteiger partial charge in [-0.25, -0.2) is 0 Å². The van der Waals surface area contributed by atoms with Crippen molar-refractivity contribution in [3.05, 3.63) is 68.9 Å². The van der Waals surface area contributed by atoms with E-state index in [4.69, 9.17) is 16.3 Å². The van der Waals surface area contributed by atoms with E-state index in [-0.39, 0.29) is 0 Å². The standard InChI is InChI=1S/C22H19ClF3NO2S/c1-21(2)16(11-18(23)22(24,25)26)19(21)20(28)29-17(12-27)14-6-3-5-13(9-14)10-15-7-4-8-30-15/h3-9,11,16-17,19H,10H2,1-2H3. The lowest BCUT2D eigenvalue weighted by Crippen LogP contribution is -2.15. The molecular weight excluding hydrogens is 435 g/mol. The maximum atomic E-state index is 12.7. The lowest BCUT2D eigenvalue weighted by molar-refractivity contribution is -0.149. The van der Waals surface area contributed by atoms with Crippen LogP contribution in [-0.4, -0.2) is 12.1 Å². The highest BCUT2D eigenvalue weighted by atomic mass is 35.5. The average molecular weight is 454 g/mol. The zero-order valence-corrected chi connectivity index (χ0v) is 17.8. The van der Waals surface area contributed by atoms with Crippen molar-refractivity contribution >= 4 is 28.9 Å². The topological polar surface area (TPSA) is 50.1 Å². The predicted molar refractivity (Wildman–Crippen MR) is 109 cm³/mol. The molecule has 0 saturated heterocycles. The van der Waals surface area contributed by atoms with Crippen LogP contribution in [0.5, 0.6) is 0 Å². The van der Waals surface area contributed by atoms with Crippen molar-refractivity contribution in [1.29, 1.82) is 5.26 Å². The third-order valence-electron chi connectivity index (χ3n) is 5.32. The molecule has 1 fully saturated rings. The summed E-state index contributed by atoms with van der Waals surface area (Å²) in [5.74, 6) is -2.20. The second kappa shape index (κ2) is 8.44. The number of nitriles is 1. The van der Waals surface area contributed by atoms with Crippen LogP contribution in [0, 0.1) is 28.6 Å². The maximum Gasteiger partial charge on any atom is 0.426 e. The van der Waals surface area contributed by atoms with Crippen LogP contribution in [0.1, 0.15) is 36.0 Å². The van der Waals surface area contributed by atoms with Gasteiger partial charge in [0.25, 0.3) is 0 Å². The first kappa shape index (κ1) is 22.4. The first-order valence-electron chi connectivity index (χ1n) is 9.20. The van der Waals surface area contributed by atoms with Crippen molar-refractivity contribution in [1.82, 2.24) is 0 Å². The Kier molecular flexibility index (Phi) is 6.30. The molecular formula is C22H19ClF3NO2S. The molecule has 1 saturated carbocycles. The van der Waals surface area contributed by atoms with Gasteiger partial charge in [-0.2, -0.15) is 18.4 Å². The second-order valence-electron chi connectivity index (χ2n) is 7.78. The van der Waals surface area contributed by atoms with Gasteiger partial charge in [-0.1, -0.05) is 61.9 Å². The number of rotatable bonds is 6. The third-order valence-corrected chi connectivity index (χ3v) is 6.54. The molecule has 3 rings (SSSR count). The fraction of sp³-hybridized carbons (Fsp3) is 0.364. The van der Waals surface area contributed by atoms with Gasteiger partial charge < -0.3 is 4.74 Å². The summed E-state index contributed by atoms with van der Waals surface area (Å²) < 4.78 is 43.5. The van der Waals surface area contributed by atoms with E-state index in [0.29, 0.717) is 12.0 Å². The summed E-state index contributed by atoms with van der Waals surface area (Å²) in [6, 6.07) is 13.1. The van der Waals surface area contributed by atoms with Crippen LogP contribution in [0.4, 0.5) is 13.2 Å². The van der Waals surface area contributed by atoms with Gasteiger partial charge in [0.05, 0.1) is 5.92 Å². The molecule has 3 nitrogen and oxygen atoms in total. The van der Waals surface area contributed by atoms with Crippen molar-refractivity contribution < 1.29 is 22.7 Å². The minimum absolute atomic E-state index is 0.527. The summed E-state index contributed by atoms with van der Waals surface area (Å²) in [6.07, 6.45) is -4.25. The van der Waals surface area contributed by atoms with Crippen molar-refractivity contribution in [3.8, 4) is 6.07 Å². The van der Waals surface area contributed by atoms with E-state index >= 15 is 0 Å². The van der Waals surface area contributed by atoms with Crippen molar-refractivity contribution in [2.24, 2.45) is 17.3 Å². The Balaban J connectivity index is 1.72. The van der Waals surface area contributed by atoms with E-state index in [1.165, 1.54) is 0 Å². The zero-order chi connectivity index (χ0) is 22.1. The highest BCUT2D eigenvalue weighted by Crippen LogP contribution is 2.60. The van der Waals surface area contributed by atoms with E-state index in [1.807, 2.05) is 29.6 Å². The molecule has 1 aromatic carbocycles. The molecule has 0 aliphatic heterocycles. The van der Waals surface area contributed by atoms with E-state index in [0.717, 1.165) is 16.5 Å². The van der Waals surface area contributed by atoms with Gasteiger partial charge in [0.2, 0.25) is 6.10 Å². The number of esters is 1. The van der Waals surface area contributed by atoms with Crippen molar-refractivity contribution in [2.45, 2.75) is 32.5 Å². The molecule has 0 N–H and O–H groups in total. The van der Waals surface area contributed by atoms with Gasteiger partial charge in [-0.15, -0.1) is 11.3 Å². The molecule has 0 spiro atoms. The molecule has 3 unspecified atom stereocenters. The Bertz CT molecular complexity index is 993. The molecule has 158 valence electrons. The van der Waals surface area contributed by atoms with Crippen LogP contribution in [-0.2, 0) is 16.0 Å². The second-order valence-corrected chi connectivity index (χ2v) is 9.22. The quantitative estimate of drug-likeness (QED) is 0.475. The highest BCUT2D eigenvalue weighted by Gasteiger charge is 2.62. The first-order valence-corrected chi connectivity index (χ1v) is 10.5. The molecule has 1 heterocycles. The van der Waals surface area contributed by atoms with Crippen LogP contribution in [0.2, 0.25) is 0 Å². The van der Waals surface area contributed by atoms with Gasteiger partial charge in [0, 0.05) is 16.9 Å². The summed E-state index contributed by atoms with van der Waals surface area (Å²) in [6.45, 7) is 3.34. The number of allylic oxidation sites excluding steroid dienone is 2. The van der Waals surface area contributed by atoms with E-state index in [9.17, 15) is 23.2 Å². The van der Waals surface area contributed by atoms with Crippen LogP contribution < -0.4 is 0 Å². The molecule has 1 aromatic heterocycles. The predicted octanol–water partition coefficient (Wildman–Crippen LogP) is 6.40. The highest BCUT2D eigenvalue weighted by molar-refractivity contribution is 7.09. The molecule has 1 aliphatic carbocycles. The number of hydrogen-bond donors (Lipinski definition) is 0. The van der Waals surface area contributed by atoms with E-state index < -0.39 is 40.5 Å². The van der Waals surface area contributed by atoms with Gasteiger partial charge in [0.15, 0.2) is 0 Å². The van der Waals surface area contributed by atoms with E-state index in [2.05, 4.69) is 0 Å². The summed E-state index contributed by atoms with van der Waals surface area (Å²) in [5.41, 5.74) is 0.762. The van der Waals surface area contributed by atoms with E-state index in [1.54, 1.807) is 43.4 Å². The van der Waals surface area contributed by atoms with Crippen molar-refractivity contribution in [3.63, 3.8) is 0 Å². The average Bonchev–Trinajstić information content (AvgIpc) is 2.99. The minimum atomic E-state index is -4.66. The normalized spacial score (nSPS) is 21.6. The number of benzene rings is 1. The number of nitrogens with zero attached hydrogens (tertiary/aromatic N) is 1. The molecule has 0 radical (unpaired) electrons. The molecule has 3 atom stereocenters. The summed E-state index contributed by atoms with van der Waals surface area (Å²) in [5, 5.41) is 10.2. The number of carbonyl (C=O) groups is 1. The van der Waals surface area contributed by atoms with Crippen LogP contribution >= 0.6 is 22.9 Å². The summed E-state index contributed by atoms with van der Waals surface area (Å²) in [7, 11) is 0. The number of alkyl halides is 3. The zero-order valence-electron chi connectivity index (χ0n) is 16.2. The van der Waals surface area contributed by atoms with Crippen LogP contribution in [0.3, 0.4) is 0 Å². The Morgan fingerprint density at radius 2 is 2.10 bits per heavy atom. The molecule has 30 heavy (non-hydrogen) atoms. The lowest BCUT2D eigenvalue weighted by Gasteiger charge is -2.13. The molecule has 8 heteroatoms. The summed E-state index contributed by atoms with van der Waals surface area (Å²) in [4.78, 5) is 13.8. The Morgan fingerprint density at radius 1 is 1.37 bits per heavy atom. The number of carbonyl (C=O) groups excluding carboxylic acids is 1.